The van der Waals surface area contributed by atoms with Crippen molar-refractivity contribution < 1.29 is 51.5 Å². The average molecular weight is 697 g/mol. The molecule has 12 nitrogen and oxygen atoms in total. The van der Waals surface area contributed by atoms with Crippen LogP contribution in [0.4, 0.5) is 27.6 Å². The number of halogens is 5. The summed E-state index contributed by atoms with van der Waals surface area (Å²) in [4.78, 5) is 36.8. The molecule has 0 N–H and O–H groups in total. The van der Waals surface area contributed by atoms with E-state index in [0.29, 0.717) is 25.9 Å². The Balaban J connectivity index is 0.000000247. The van der Waals surface area contributed by atoms with Gasteiger partial charge in [0.2, 0.25) is 0 Å². The minimum absolute atomic E-state index is 0. The van der Waals surface area contributed by atoms with Crippen LogP contribution in [0.2, 0.25) is 0 Å². The standard InChI is InChI=1S/C16H11F3N2O.C16H11F2N5O.N3.Na/c17-11-3-1-10(2-4-11)5-6-21-9-20-15-8-14(19)13(18)7-12(15)16(21)22;17-11-3-1-10(2-4-11)5-6-23-9-20-14-8-15(21-22-19)13(18)7-12(14)16(23)24;1-3-2;/h1-4,7-9H,5-6H2;1-4,7-9H,5-6H2;;/q;;-1;+1. The molecule has 0 aliphatic heterocycles. The number of azide groups is 1. The van der Waals surface area contributed by atoms with Crippen LogP contribution in [-0.2, 0) is 25.9 Å². The van der Waals surface area contributed by atoms with Gasteiger partial charge in [0.05, 0.1) is 40.1 Å². The number of aryl methyl sites for hydroxylation is 4. The van der Waals surface area contributed by atoms with Crippen LogP contribution in [0.3, 0.4) is 0 Å². The number of aromatic nitrogens is 4. The topological polar surface area (TPSA) is 177 Å². The third-order valence-electron chi connectivity index (χ3n) is 7.02. The van der Waals surface area contributed by atoms with Gasteiger partial charge in [0.25, 0.3) is 11.1 Å². The van der Waals surface area contributed by atoms with Crippen LogP contribution in [0, 0.1) is 29.1 Å². The zero-order valence-electron chi connectivity index (χ0n) is 26.1. The van der Waals surface area contributed by atoms with Crippen LogP contribution in [-0.4, -0.2) is 19.1 Å². The Kier molecular flexibility index (Phi) is 14.2. The van der Waals surface area contributed by atoms with Gasteiger partial charge in [0.15, 0.2) is 11.6 Å². The average Bonchev–Trinajstić information content (AvgIpc) is 3.08. The van der Waals surface area contributed by atoms with Gasteiger partial charge in [-0.2, -0.15) is 0 Å². The molecule has 18 heteroatoms. The van der Waals surface area contributed by atoms with E-state index in [1.165, 1.54) is 57.0 Å². The van der Waals surface area contributed by atoms with E-state index in [4.69, 9.17) is 16.6 Å². The first-order valence-electron chi connectivity index (χ1n) is 14.1. The molecule has 6 aromatic rings. The first-order chi connectivity index (χ1) is 23.5. The fraction of sp³-hybridized carbons (Fsp3) is 0.125. The van der Waals surface area contributed by atoms with Gasteiger partial charge < -0.3 is 11.1 Å². The Morgan fingerprint density at radius 1 is 0.620 bits per heavy atom. The predicted molar refractivity (Wildman–Crippen MR) is 171 cm³/mol. The predicted octanol–water partition coefficient (Wildman–Crippen LogP) is 4.79. The second kappa shape index (κ2) is 18.3. The quantitative estimate of drug-likeness (QED) is 0.0767. The van der Waals surface area contributed by atoms with E-state index < -0.39 is 28.6 Å². The number of nitrogens with zero attached hydrogens (tertiary/aromatic N) is 10. The van der Waals surface area contributed by atoms with Gasteiger partial charge in [-0.1, -0.05) is 29.4 Å². The largest absolute Gasteiger partial charge is 1.00 e. The summed E-state index contributed by atoms with van der Waals surface area (Å²) in [5.74, 6) is -3.55. The van der Waals surface area contributed by atoms with Crippen molar-refractivity contribution in [3.63, 3.8) is 0 Å². The molecule has 50 heavy (non-hydrogen) atoms. The third-order valence-corrected chi connectivity index (χ3v) is 7.02. The molecule has 0 aliphatic rings. The van der Waals surface area contributed by atoms with E-state index in [2.05, 4.69) is 20.0 Å². The molecule has 2 aromatic heterocycles. The minimum atomic E-state index is -1.08. The summed E-state index contributed by atoms with van der Waals surface area (Å²) in [5, 5.41) is 3.35. The smallest absolute Gasteiger partial charge is 0.373 e. The van der Waals surface area contributed by atoms with E-state index in [-0.39, 0.29) is 68.7 Å². The number of benzene rings is 4. The fourth-order valence-electron chi connectivity index (χ4n) is 4.57. The summed E-state index contributed by atoms with van der Waals surface area (Å²) >= 11 is 0. The molecule has 6 rings (SSSR count). The van der Waals surface area contributed by atoms with E-state index in [1.54, 1.807) is 24.3 Å². The normalized spacial score (nSPS) is 10.1. The fourth-order valence-corrected chi connectivity index (χ4v) is 4.57. The number of hydrogen-bond donors (Lipinski definition) is 0. The van der Waals surface area contributed by atoms with Gasteiger partial charge in [0, 0.05) is 24.1 Å². The SMILES string of the molecule is O=c1c2cc(F)c(F)cc2ncn1CCc1ccc(F)cc1.[N-]=[N+]=Nc1cc2ncn(CCc3ccc(F)cc3)c(=O)c2cc1F.[N-]=[N+]=[N-].[Na+]. The molecular formula is C32H22F5N10NaO2. The van der Waals surface area contributed by atoms with Crippen LogP contribution in [0.5, 0.6) is 0 Å². The van der Waals surface area contributed by atoms with E-state index in [1.807, 2.05) is 0 Å². The third kappa shape index (κ3) is 9.98. The van der Waals surface area contributed by atoms with Gasteiger partial charge >= 0.3 is 29.6 Å². The van der Waals surface area contributed by atoms with Gasteiger partial charge in [0.1, 0.15) is 17.5 Å². The maximum atomic E-state index is 13.8. The first-order valence-corrected chi connectivity index (χ1v) is 14.1. The van der Waals surface area contributed by atoms with Crippen LogP contribution < -0.4 is 40.7 Å². The zero-order valence-corrected chi connectivity index (χ0v) is 28.1. The number of hydrogen-bond acceptors (Lipinski definition) is 5. The number of fused-ring (bicyclic) bond motifs is 2. The molecule has 0 amide bonds. The summed E-state index contributed by atoms with van der Waals surface area (Å²) in [6, 6.07) is 15.9. The maximum Gasteiger partial charge on any atom is 1.00 e. The van der Waals surface area contributed by atoms with Crippen molar-refractivity contribution in [2.75, 3.05) is 0 Å². The zero-order chi connectivity index (χ0) is 35.5. The Labute approximate surface area is 300 Å². The molecular weight excluding hydrogens is 674 g/mol. The van der Waals surface area contributed by atoms with E-state index in [9.17, 15) is 31.5 Å². The van der Waals surface area contributed by atoms with Gasteiger partial charge in [-0.25, -0.2) is 31.9 Å². The molecule has 0 unspecified atom stereocenters. The van der Waals surface area contributed by atoms with Crippen molar-refractivity contribution in [1.82, 2.24) is 19.1 Å². The molecule has 4 aromatic carbocycles. The summed E-state index contributed by atoms with van der Waals surface area (Å²) in [7, 11) is 0. The second-order valence-corrected chi connectivity index (χ2v) is 10.1. The van der Waals surface area contributed by atoms with Gasteiger partial charge in [-0.3, -0.25) is 23.6 Å². The Morgan fingerprint density at radius 3 is 1.46 bits per heavy atom. The summed E-state index contributed by atoms with van der Waals surface area (Å²) in [5.41, 5.74) is 22.9. The van der Waals surface area contributed by atoms with Crippen LogP contribution in [0.25, 0.3) is 48.2 Å². The van der Waals surface area contributed by atoms with Crippen molar-refractivity contribution in [2.45, 2.75) is 25.9 Å². The van der Waals surface area contributed by atoms with Crippen molar-refractivity contribution in [2.24, 2.45) is 5.11 Å². The van der Waals surface area contributed by atoms with E-state index in [0.717, 1.165) is 29.3 Å². The van der Waals surface area contributed by atoms with Crippen LogP contribution >= 0.6 is 0 Å². The molecule has 0 spiro atoms. The second-order valence-electron chi connectivity index (χ2n) is 10.1. The molecule has 0 atom stereocenters. The minimum Gasteiger partial charge on any atom is -0.373 e. The monoisotopic (exact) mass is 696 g/mol. The summed E-state index contributed by atoms with van der Waals surface area (Å²) < 4.78 is 68.6. The molecule has 0 saturated carbocycles. The van der Waals surface area contributed by atoms with Crippen molar-refractivity contribution in [3.05, 3.63) is 173 Å². The molecule has 0 saturated heterocycles. The van der Waals surface area contributed by atoms with Gasteiger partial charge in [-0.05, 0) is 72.0 Å². The maximum absolute atomic E-state index is 13.8. The summed E-state index contributed by atoms with van der Waals surface area (Å²) in [6.07, 6.45) is 3.65. The molecule has 248 valence electrons. The van der Waals surface area contributed by atoms with Crippen molar-refractivity contribution >= 4 is 27.5 Å². The molecule has 0 aliphatic carbocycles. The molecule has 0 fully saturated rings. The molecule has 0 bridgehead atoms. The first kappa shape index (κ1) is 38.9. The van der Waals surface area contributed by atoms with Crippen LogP contribution in [0.1, 0.15) is 11.1 Å². The summed E-state index contributed by atoms with van der Waals surface area (Å²) in [6.45, 7) is 0.638. The molecule has 2 heterocycles. The van der Waals surface area contributed by atoms with Crippen LogP contribution in [0.15, 0.2) is 100 Å². The Hall–Kier alpha value is -5.57. The van der Waals surface area contributed by atoms with Crippen molar-refractivity contribution in [1.29, 1.82) is 0 Å². The van der Waals surface area contributed by atoms with Crippen molar-refractivity contribution in [3.8, 4) is 0 Å². The van der Waals surface area contributed by atoms with E-state index >= 15 is 0 Å². The Morgan fingerprint density at radius 2 is 1.02 bits per heavy atom. The number of rotatable bonds is 7. The van der Waals surface area contributed by atoms with Gasteiger partial charge in [-0.15, -0.1) is 0 Å². The Bertz CT molecular complexity index is 2320. The molecule has 0 radical (unpaired) electrons.